The van der Waals surface area contributed by atoms with Gasteiger partial charge in [-0.3, -0.25) is 4.90 Å². The van der Waals surface area contributed by atoms with E-state index >= 15 is 0 Å². The topological polar surface area (TPSA) is 30.3 Å². The number of nitrogens with zero attached hydrogens (tertiary/aromatic N) is 3. The minimum absolute atomic E-state index is 0.204. The lowest BCUT2D eigenvalue weighted by Gasteiger charge is -2.34. The Morgan fingerprint density at radius 1 is 1.15 bits per heavy atom. The van der Waals surface area contributed by atoms with Crippen molar-refractivity contribution in [2.24, 2.45) is 5.92 Å². The molecule has 1 aromatic rings. The summed E-state index contributed by atoms with van der Waals surface area (Å²) in [5.41, 5.74) is 1.17. The minimum Gasteiger partial charge on any atom is -0.301 e. The summed E-state index contributed by atoms with van der Waals surface area (Å²) >= 11 is 0. The molecular weight excluding hydrogens is 253 g/mol. The fourth-order valence-electron chi connectivity index (χ4n) is 2.80. The molecule has 1 aliphatic carbocycles. The van der Waals surface area contributed by atoms with Crippen molar-refractivity contribution in [3.05, 3.63) is 35.1 Å². The third-order valence-corrected chi connectivity index (χ3v) is 4.25. The largest absolute Gasteiger partial charge is 0.301 e. The SMILES string of the molecule is N#Cc1ccc(F)c(CN2CCN(CC3CC3)CC2)c1. The van der Waals surface area contributed by atoms with Crippen LogP contribution >= 0.6 is 0 Å². The standard InChI is InChI=1S/C16H20FN3/c17-16-4-3-14(10-18)9-15(16)12-20-7-5-19(6-8-20)11-13-1-2-13/h3-4,9,13H,1-2,5-8,11-12H2. The molecule has 1 heterocycles. The average Bonchev–Trinajstić information content (AvgIpc) is 3.27. The van der Waals surface area contributed by atoms with Gasteiger partial charge in [0.1, 0.15) is 5.82 Å². The molecule has 0 unspecified atom stereocenters. The predicted octanol–water partition coefficient (Wildman–Crippen LogP) is 2.22. The third kappa shape index (κ3) is 3.36. The molecule has 3 nitrogen and oxygen atoms in total. The molecule has 1 aromatic carbocycles. The van der Waals surface area contributed by atoms with Gasteiger partial charge in [-0.05, 0) is 37.0 Å². The second kappa shape index (κ2) is 5.90. The van der Waals surface area contributed by atoms with Crippen molar-refractivity contribution in [2.75, 3.05) is 32.7 Å². The number of nitriles is 1. The van der Waals surface area contributed by atoms with E-state index in [4.69, 9.17) is 5.26 Å². The summed E-state index contributed by atoms with van der Waals surface area (Å²) in [6.07, 6.45) is 2.79. The van der Waals surface area contributed by atoms with Crippen molar-refractivity contribution in [3.8, 4) is 6.07 Å². The van der Waals surface area contributed by atoms with Crippen LogP contribution in [0, 0.1) is 23.1 Å². The Morgan fingerprint density at radius 2 is 1.85 bits per heavy atom. The zero-order valence-electron chi connectivity index (χ0n) is 11.7. The molecule has 1 saturated carbocycles. The van der Waals surface area contributed by atoms with Gasteiger partial charge in [0.15, 0.2) is 0 Å². The molecule has 2 fully saturated rings. The van der Waals surface area contributed by atoms with Crippen LogP contribution in [0.25, 0.3) is 0 Å². The van der Waals surface area contributed by atoms with E-state index in [9.17, 15) is 4.39 Å². The first-order valence-corrected chi connectivity index (χ1v) is 7.38. The van der Waals surface area contributed by atoms with Crippen LogP contribution in [0.5, 0.6) is 0 Å². The zero-order chi connectivity index (χ0) is 13.9. The molecule has 1 saturated heterocycles. The molecular formula is C16H20FN3. The number of hydrogen-bond acceptors (Lipinski definition) is 3. The molecule has 2 aliphatic rings. The smallest absolute Gasteiger partial charge is 0.127 e. The molecule has 0 atom stereocenters. The molecule has 0 aromatic heterocycles. The normalized spacial score (nSPS) is 20.8. The molecule has 106 valence electrons. The van der Waals surface area contributed by atoms with Gasteiger partial charge in [-0.15, -0.1) is 0 Å². The van der Waals surface area contributed by atoms with Gasteiger partial charge in [-0.2, -0.15) is 5.26 Å². The fourth-order valence-corrected chi connectivity index (χ4v) is 2.80. The van der Waals surface area contributed by atoms with Gasteiger partial charge < -0.3 is 4.90 Å². The highest BCUT2D eigenvalue weighted by atomic mass is 19.1. The van der Waals surface area contributed by atoms with E-state index in [0.29, 0.717) is 17.7 Å². The maximum Gasteiger partial charge on any atom is 0.127 e. The monoisotopic (exact) mass is 273 g/mol. The Bertz CT molecular complexity index is 511. The summed E-state index contributed by atoms with van der Waals surface area (Å²) < 4.78 is 13.8. The summed E-state index contributed by atoms with van der Waals surface area (Å²) in [5, 5.41) is 8.89. The van der Waals surface area contributed by atoms with Crippen molar-refractivity contribution in [3.63, 3.8) is 0 Å². The van der Waals surface area contributed by atoms with E-state index in [1.54, 1.807) is 6.07 Å². The van der Waals surface area contributed by atoms with Crippen LogP contribution in [0.4, 0.5) is 4.39 Å². The molecule has 0 radical (unpaired) electrons. The highest BCUT2D eigenvalue weighted by molar-refractivity contribution is 5.33. The van der Waals surface area contributed by atoms with Gasteiger partial charge >= 0.3 is 0 Å². The molecule has 0 spiro atoms. The minimum atomic E-state index is -0.204. The lowest BCUT2D eigenvalue weighted by atomic mass is 10.1. The first-order valence-electron chi connectivity index (χ1n) is 7.38. The summed E-state index contributed by atoms with van der Waals surface area (Å²) in [6, 6.07) is 6.68. The first kappa shape index (κ1) is 13.5. The second-order valence-electron chi connectivity index (χ2n) is 5.94. The van der Waals surface area contributed by atoms with Crippen molar-refractivity contribution in [2.45, 2.75) is 19.4 Å². The van der Waals surface area contributed by atoms with Crippen molar-refractivity contribution < 1.29 is 4.39 Å². The quantitative estimate of drug-likeness (QED) is 0.842. The van der Waals surface area contributed by atoms with Gasteiger partial charge in [0.25, 0.3) is 0 Å². The maximum absolute atomic E-state index is 13.8. The van der Waals surface area contributed by atoms with E-state index in [1.807, 2.05) is 0 Å². The van der Waals surface area contributed by atoms with Crippen LogP contribution in [0.3, 0.4) is 0 Å². The Kier molecular flexibility index (Phi) is 4.00. The summed E-state index contributed by atoms with van der Waals surface area (Å²) in [7, 11) is 0. The van der Waals surface area contributed by atoms with Gasteiger partial charge in [0.2, 0.25) is 0 Å². The van der Waals surface area contributed by atoms with E-state index in [-0.39, 0.29) is 5.82 Å². The van der Waals surface area contributed by atoms with Crippen molar-refractivity contribution in [1.29, 1.82) is 5.26 Å². The molecule has 0 bridgehead atoms. The van der Waals surface area contributed by atoms with Crippen LogP contribution in [0.1, 0.15) is 24.0 Å². The average molecular weight is 273 g/mol. The third-order valence-electron chi connectivity index (χ3n) is 4.25. The number of hydrogen-bond donors (Lipinski definition) is 0. The summed E-state index contributed by atoms with van der Waals surface area (Å²) in [6.45, 7) is 5.99. The number of halogens is 1. The second-order valence-corrected chi connectivity index (χ2v) is 5.94. The lowest BCUT2D eigenvalue weighted by molar-refractivity contribution is 0.122. The van der Waals surface area contributed by atoms with Gasteiger partial charge in [-0.25, -0.2) is 4.39 Å². The predicted molar refractivity (Wildman–Crippen MR) is 75.6 cm³/mol. The van der Waals surface area contributed by atoms with E-state index in [1.165, 1.54) is 31.5 Å². The van der Waals surface area contributed by atoms with Gasteiger partial charge in [-0.1, -0.05) is 0 Å². The Morgan fingerprint density at radius 3 is 2.50 bits per heavy atom. The van der Waals surface area contributed by atoms with Crippen LogP contribution in [-0.2, 0) is 6.54 Å². The van der Waals surface area contributed by atoms with Gasteiger partial charge in [0.05, 0.1) is 11.6 Å². The highest BCUT2D eigenvalue weighted by Crippen LogP contribution is 2.30. The fraction of sp³-hybridized carbons (Fsp3) is 0.562. The Labute approximate surface area is 119 Å². The molecule has 0 N–H and O–H groups in total. The van der Waals surface area contributed by atoms with Crippen LogP contribution in [0.15, 0.2) is 18.2 Å². The zero-order valence-corrected chi connectivity index (χ0v) is 11.7. The molecule has 20 heavy (non-hydrogen) atoms. The van der Waals surface area contributed by atoms with E-state index in [2.05, 4.69) is 15.9 Å². The Balaban J connectivity index is 1.55. The van der Waals surface area contributed by atoms with Crippen LogP contribution < -0.4 is 0 Å². The van der Waals surface area contributed by atoms with Crippen molar-refractivity contribution >= 4 is 0 Å². The lowest BCUT2D eigenvalue weighted by Crippen LogP contribution is -2.46. The first-order chi connectivity index (χ1) is 9.74. The molecule has 4 heteroatoms. The van der Waals surface area contributed by atoms with Gasteiger partial charge in [0, 0.05) is 44.8 Å². The number of benzene rings is 1. The van der Waals surface area contributed by atoms with Crippen LogP contribution in [-0.4, -0.2) is 42.5 Å². The summed E-state index contributed by atoms with van der Waals surface area (Å²) in [5.74, 6) is 0.732. The summed E-state index contributed by atoms with van der Waals surface area (Å²) in [4.78, 5) is 4.80. The highest BCUT2D eigenvalue weighted by Gasteiger charge is 2.26. The maximum atomic E-state index is 13.8. The number of piperazine rings is 1. The van der Waals surface area contributed by atoms with E-state index in [0.717, 1.165) is 32.1 Å². The molecule has 3 rings (SSSR count). The number of rotatable bonds is 4. The van der Waals surface area contributed by atoms with Crippen molar-refractivity contribution in [1.82, 2.24) is 9.80 Å². The molecule has 0 amide bonds. The van der Waals surface area contributed by atoms with Crippen LogP contribution in [0.2, 0.25) is 0 Å². The van der Waals surface area contributed by atoms with E-state index < -0.39 is 0 Å². The molecule has 1 aliphatic heterocycles. The Hall–Kier alpha value is -1.44.